The molecule has 1 amide bonds. The van der Waals surface area contributed by atoms with E-state index in [4.69, 9.17) is 0 Å². The van der Waals surface area contributed by atoms with Crippen molar-refractivity contribution in [3.63, 3.8) is 0 Å². The first kappa shape index (κ1) is 22.3. The van der Waals surface area contributed by atoms with E-state index in [0.29, 0.717) is 11.3 Å². The number of carbonyl (C=O) groups is 2. The predicted molar refractivity (Wildman–Crippen MR) is 99.8 cm³/mol. The fraction of sp³-hybridized carbons (Fsp3) is 0.400. The molecule has 2 aromatic heterocycles. The maximum atomic E-state index is 12.5. The van der Waals surface area contributed by atoms with Gasteiger partial charge in [-0.1, -0.05) is 0 Å². The minimum Gasteiger partial charge on any atom is -0.468 e. The molecule has 9 heteroatoms. The molecule has 0 aromatic carbocycles. The third kappa shape index (κ3) is 6.85. The zero-order chi connectivity index (χ0) is 21.8. The van der Waals surface area contributed by atoms with E-state index in [9.17, 15) is 22.8 Å². The first-order chi connectivity index (χ1) is 13.4. The number of hydrogen-bond donors (Lipinski definition) is 1. The van der Waals surface area contributed by atoms with Crippen molar-refractivity contribution in [2.24, 2.45) is 0 Å². The fourth-order valence-electron chi connectivity index (χ4n) is 2.71. The van der Waals surface area contributed by atoms with Crippen molar-refractivity contribution in [3.8, 4) is 5.88 Å². The van der Waals surface area contributed by atoms with Crippen LogP contribution in [-0.2, 0) is 11.2 Å². The maximum absolute atomic E-state index is 12.5. The number of pyridine rings is 2. The van der Waals surface area contributed by atoms with Crippen LogP contribution in [0.1, 0.15) is 52.8 Å². The lowest BCUT2D eigenvalue weighted by Gasteiger charge is -2.16. The Labute approximate surface area is 166 Å². The quantitative estimate of drug-likeness (QED) is 0.755. The minimum atomic E-state index is -4.47. The summed E-state index contributed by atoms with van der Waals surface area (Å²) in [6, 6.07) is 4.61. The van der Waals surface area contributed by atoms with E-state index < -0.39 is 18.7 Å². The summed E-state index contributed by atoms with van der Waals surface area (Å²) in [5.41, 5.74) is 2.65. The molecule has 0 fully saturated rings. The molecule has 6 nitrogen and oxygen atoms in total. The second-order valence-corrected chi connectivity index (χ2v) is 6.86. The molecule has 0 spiro atoms. The van der Waals surface area contributed by atoms with Gasteiger partial charge in [-0.25, -0.2) is 4.98 Å². The second kappa shape index (κ2) is 9.02. The molecule has 0 saturated heterocycles. The first-order valence-corrected chi connectivity index (χ1v) is 8.88. The van der Waals surface area contributed by atoms with Crippen LogP contribution in [0, 0.1) is 13.8 Å². The number of ketones is 1. The lowest BCUT2D eigenvalue weighted by Crippen LogP contribution is -2.27. The van der Waals surface area contributed by atoms with Crippen LogP contribution >= 0.6 is 0 Å². The normalized spacial score (nSPS) is 12.4. The molecule has 2 heterocycles. The largest absolute Gasteiger partial charge is 0.468 e. The van der Waals surface area contributed by atoms with Gasteiger partial charge < -0.3 is 10.1 Å². The molecule has 0 bridgehead atoms. The van der Waals surface area contributed by atoms with Gasteiger partial charge in [0.15, 0.2) is 6.61 Å². The monoisotopic (exact) mass is 409 g/mol. The molecular formula is C20H22F3N3O3. The molecular weight excluding hydrogens is 387 g/mol. The Bertz CT molecular complexity index is 914. The van der Waals surface area contributed by atoms with Gasteiger partial charge in [0.1, 0.15) is 5.78 Å². The summed E-state index contributed by atoms with van der Waals surface area (Å²) in [6.45, 7) is 5.12. The van der Waals surface area contributed by atoms with Crippen LogP contribution < -0.4 is 10.1 Å². The molecule has 0 radical (unpaired) electrons. The third-order valence-electron chi connectivity index (χ3n) is 3.97. The van der Waals surface area contributed by atoms with Crippen LogP contribution in [0.5, 0.6) is 5.88 Å². The summed E-state index contributed by atoms with van der Waals surface area (Å²) in [6.07, 6.45) is -3.10. The maximum Gasteiger partial charge on any atom is 0.422 e. The van der Waals surface area contributed by atoms with Crippen molar-refractivity contribution in [1.29, 1.82) is 0 Å². The van der Waals surface area contributed by atoms with Crippen LogP contribution in [0.3, 0.4) is 0 Å². The van der Waals surface area contributed by atoms with E-state index in [0.717, 1.165) is 11.3 Å². The van der Waals surface area contributed by atoms with Crippen molar-refractivity contribution in [2.75, 3.05) is 6.61 Å². The molecule has 2 rings (SSSR count). The highest BCUT2D eigenvalue weighted by molar-refractivity contribution is 5.94. The van der Waals surface area contributed by atoms with Gasteiger partial charge in [-0.05, 0) is 51.5 Å². The van der Waals surface area contributed by atoms with Gasteiger partial charge in [-0.2, -0.15) is 13.2 Å². The molecule has 0 aliphatic carbocycles. The van der Waals surface area contributed by atoms with Gasteiger partial charge in [-0.3, -0.25) is 14.6 Å². The van der Waals surface area contributed by atoms with E-state index in [1.54, 1.807) is 19.9 Å². The highest BCUT2D eigenvalue weighted by atomic mass is 19.4. The van der Waals surface area contributed by atoms with Crippen LogP contribution in [0.4, 0.5) is 13.2 Å². The van der Waals surface area contributed by atoms with Crippen LogP contribution in [0.15, 0.2) is 24.4 Å². The summed E-state index contributed by atoms with van der Waals surface area (Å²) >= 11 is 0. The standard InChI is InChI=1S/C20H22F3N3O3/c1-11-5-16(9-24-19(11)29-10-20(21,22)23)18(28)26-14(4)15-6-12(2)25-17(8-15)7-13(3)27/h5-6,8-9,14H,7,10H2,1-4H3,(H,26,28). The summed E-state index contributed by atoms with van der Waals surface area (Å²) in [5.74, 6) is -0.622. The van der Waals surface area contributed by atoms with Gasteiger partial charge in [0.2, 0.25) is 5.88 Å². The molecule has 29 heavy (non-hydrogen) atoms. The number of aryl methyl sites for hydroxylation is 2. The predicted octanol–water partition coefficient (Wildman–Crippen LogP) is 3.66. The van der Waals surface area contributed by atoms with Crippen molar-refractivity contribution in [3.05, 3.63) is 52.5 Å². The molecule has 0 saturated carbocycles. The Kier molecular flexibility index (Phi) is 6.94. The Morgan fingerprint density at radius 3 is 2.48 bits per heavy atom. The van der Waals surface area contributed by atoms with E-state index >= 15 is 0 Å². The average molecular weight is 409 g/mol. The van der Waals surface area contributed by atoms with E-state index in [-0.39, 0.29) is 29.7 Å². The number of nitrogens with zero attached hydrogens (tertiary/aromatic N) is 2. The Morgan fingerprint density at radius 1 is 1.21 bits per heavy atom. The number of Topliss-reactive ketones (excluding diaryl/α,β-unsaturated/α-hetero) is 1. The topological polar surface area (TPSA) is 81.2 Å². The zero-order valence-electron chi connectivity index (χ0n) is 16.6. The number of halogens is 3. The number of alkyl halides is 3. The molecule has 0 aliphatic rings. The second-order valence-electron chi connectivity index (χ2n) is 6.86. The fourth-order valence-corrected chi connectivity index (χ4v) is 2.71. The van der Waals surface area contributed by atoms with Crippen LogP contribution in [0.25, 0.3) is 0 Å². The molecule has 1 unspecified atom stereocenters. The van der Waals surface area contributed by atoms with Crippen molar-refractivity contribution in [1.82, 2.24) is 15.3 Å². The number of rotatable bonds is 7. The summed E-state index contributed by atoms with van der Waals surface area (Å²) in [7, 11) is 0. The SMILES string of the molecule is CC(=O)Cc1cc(C(C)NC(=O)c2cnc(OCC(F)(F)F)c(C)c2)cc(C)n1. The highest BCUT2D eigenvalue weighted by Gasteiger charge is 2.29. The van der Waals surface area contributed by atoms with Crippen molar-refractivity contribution in [2.45, 2.75) is 46.3 Å². The van der Waals surface area contributed by atoms with Crippen LogP contribution in [0.2, 0.25) is 0 Å². The minimum absolute atomic E-state index is 0.0138. The van der Waals surface area contributed by atoms with Gasteiger partial charge in [0.05, 0.1) is 11.6 Å². The number of amides is 1. The lowest BCUT2D eigenvalue weighted by molar-refractivity contribution is -0.154. The van der Waals surface area contributed by atoms with Crippen molar-refractivity contribution < 1.29 is 27.5 Å². The number of aromatic nitrogens is 2. The molecule has 2 aromatic rings. The van der Waals surface area contributed by atoms with Crippen molar-refractivity contribution >= 4 is 11.7 Å². The Balaban J connectivity index is 2.10. The summed E-state index contributed by atoms with van der Waals surface area (Å²) in [5, 5.41) is 2.81. The third-order valence-corrected chi connectivity index (χ3v) is 3.97. The van der Waals surface area contributed by atoms with Crippen LogP contribution in [-0.4, -0.2) is 34.4 Å². The van der Waals surface area contributed by atoms with Gasteiger partial charge in [0.25, 0.3) is 5.91 Å². The smallest absolute Gasteiger partial charge is 0.422 e. The van der Waals surface area contributed by atoms with E-state index in [1.807, 2.05) is 6.07 Å². The van der Waals surface area contributed by atoms with Gasteiger partial charge in [0, 0.05) is 29.6 Å². The zero-order valence-corrected chi connectivity index (χ0v) is 16.6. The number of nitrogens with one attached hydrogen (secondary N) is 1. The van der Waals surface area contributed by atoms with Gasteiger partial charge in [-0.15, -0.1) is 0 Å². The number of hydrogen-bond acceptors (Lipinski definition) is 5. The first-order valence-electron chi connectivity index (χ1n) is 8.88. The highest BCUT2D eigenvalue weighted by Crippen LogP contribution is 2.21. The molecule has 1 N–H and O–H groups in total. The number of ether oxygens (including phenoxy) is 1. The van der Waals surface area contributed by atoms with E-state index in [1.165, 1.54) is 26.1 Å². The van der Waals surface area contributed by atoms with Gasteiger partial charge >= 0.3 is 6.18 Å². The molecule has 156 valence electrons. The Morgan fingerprint density at radius 2 is 1.90 bits per heavy atom. The molecule has 1 atom stereocenters. The average Bonchev–Trinajstić information content (AvgIpc) is 2.58. The number of carbonyl (C=O) groups excluding carboxylic acids is 2. The van der Waals surface area contributed by atoms with E-state index in [2.05, 4.69) is 20.0 Å². The molecule has 0 aliphatic heterocycles. The Hall–Kier alpha value is -2.97. The summed E-state index contributed by atoms with van der Waals surface area (Å²) in [4.78, 5) is 32.0. The summed E-state index contributed by atoms with van der Waals surface area (Å²) < 4.78 is 41.5. The lowest BCUT2D eigenvalue weighted by atomic mass is 10.0.